The number of benzene rings is 1. The maximum Gasteiger partial charge on any atom is 0.433 e. The number of pyridine rings is 1. The summed E-state index contributed by atoms with van der Waals surface area (Å²) in [7, 11) is 0. The normalized spacial score (nSPS) is 13.5. The molecule has 2 aromatic rings. The van der Waals surface area contributed by atoms with Crippen LogP contribution in [0, 0.1) is 0 Å². The van der Waals surface area contributed by atoms with Crippen molar-refractivity contribution in [1.29, 1.82) is 0 Å². The Kier molecular flexibility index (Phi) is 8.25. The second-order valence-electron chi connectivity index (χ2n) is 6.99. The van der Waals surface area contributed by atoms with E-state index in [1.165, 1.54) is 6.07 Å². The molecular weight excluding hydrogens is 410 g/mol. The van der Waals surface area contributed by atoms with Crippen LogP contribution in [0.15, 0.2) is 36.4 Å². The monoisotopic (exact) mass is 434 g/mol. The van der Waals surface area contributed by atoms with E-state index < -0.39 is 36.3 Å². The molecule has 0 unspecified atom stereocenters. The molecule has 30 heavy (non-hydrogen) atoms. The molecule has 1 heterocycles. The minimum absolute atomic E-state index is 0.111. The van der Waals surface area contributed by atoms with E-state index in [1.54, 1.807) is 0 Å². The number of aromatic nitrogens is 1. The van der Waals surface area contributed by atoms with Gasteiger partial charge in [0.2, 0.25) is 0 Å². The molecule has 0 spiro atoms. The summed E-state index contributed by atoms with van der Waals surface area (Å²) in [5, 5.41) is 12.7. The Morgan fingerprint density at radius 3 is 2.13 bits per heavy atom. The van der Waals surface area contributed by atoms with Gasteiger partial charge in [-0.2, -0.15) is 26.3 Å². The lowest BCUT2D eigenvalue weighted by molar-refractivity contribution is -0.141. The van der Waals surface area contributed by atoms with Crippen LogP contribution in [0.4, 0.5) is 26.3 Å². The molecule has 2 N–H and O–H groups in total. The third kappa shape index (κ3) is 6.70. The number of rotatable bonds is 9. The molecule has 1 atom stereocenters. The third-order valence-corrected chi connectivity index (χ3v) is 4.65. The minimum Gasteiger partial charge on any atom is -0.394 e. The van der Waals surface area contributed by atoms with Crippen molar-refractivity contribution in [2.45, 2.75) is 51.0 Å². The summed E-state index contributed by atoms with van der Waals surface area (Å²) in [6.45, 7) is 2.15. The molecule has 0 aliphatic heterocycles. The van der Waals surface area contributed by atoms with Gasteiger partial charge in [0.15, 0.2) is 0 Å². The Labute approximate surface area is 171 Å². The number of hydrogen-bond acceptors (Lipinski definition) is 3. The van der Waals surface area contributed by atoms with E-state index in [0.29, 0.717) is 6.54 Å². The first-order valence-corrected chi connectivity index (χ1v) is 9.67. The number of hydrogen-bond donors (Lipinski definition) is 2. The zero-order chi connectivity index (χ0) is 22.4. The van der Waals surface area contributed by atoms with Crippen LogP contribution in [0.3, 0.4) is 0 Å². The molecule has 3 nitrogen and oxygen atoms in total. The second-order valence-corrected chi connectivity index (χ2v) is 6.99. The van der Waals surface area contributed by atoms with E-state index in [0.717, 1.165) is 56.0 Å². The number of halogens is 6. The maximum atomic E-state index is 13.3. The van der Waals surface area contributed by atoms with Gasteiger partial charge in [0.25, 0.3) is 0 Å². The van der Waals surface area contributed by atoms with E-state index in [2.05, 4.69) is 17.2 Å². The van der Waals surface area contributed by atoms with Gasteiger partial charge in [-0.05, 0) is 42.8 Å². The van der Waals surface area contributed by atoms with E-state index in [9.17, 15) is 31.4 Å². The Balaban J connectivity index is 2.34. The number of unbranched alkanes of at least 4 members (excludes halogenated alkanes) is 3. The van der Waals surface area contributed by atoms with Crippen LogP contribution in [0.5, 0.6) is 0 Å². The second kappa shape index (κ2) is 10.3. The molecule has 0 saturated carbocycles. The van der Waals surface area contributed by atoms with Gasteiger partial charge in [-0.3, -0.25) is 0 Å². The van der Waals surface area contributed by atoms with Crippen LogP contribution in [0.2, 0.25) is 0 Å². The first kappa shape index (κ1) is 24.1. The lowest BCUT2D eigenvalue weighted by Crippen LogP contribution is -2.26. The van der Waals surface area contributed by atoms with E-state index in [1.807, 2.05) is 0 Å². The summed E-state index contributed by atoms with van der Waals surface area (Å²) < 4.78 is 78.3. The van der Waals surface area contributed by atoms with Crippen LogP contribution in [-0.2, 0) is 12.4 Å². The van der Waals surface area contributed by atoms with Crippen LogP contribution in [-0.4, -0.2) is 23.2 Å². The predicted molar refractivity (Wildman–Crippen MR) is 102 cm³/mol. The first-order valence-electron chi connectivity index (χ1n) is 9.67. The summed E-state index contributed by atoms with van der Waals surface area (Å²) >= 11 is 0. The van der Waals surface area contributed by atoms with E-state index in [4.69, 9.17) is 0 Å². The van der Waals surface area contributed by atoms with Crippen molar-refractivity contribution in [1.82, 2.24) is 10.3 Å². The quantitative estimate of drug-likeness (QED) is 0.376. The smallest absolute Gasteiger partial charge is 0.394 e. The highest BCUT2D eigenvalue weighted by atomic mass is 19.4. The maximum absolute atomic E-state index is 13.3. The molecule has 0 aliphatic rings. The highest BCUT2D eigenvalue weighted by molar-refractivity contribution is 5.61. The zero-order valence-corrected chi connectivity index (χ0v) is 16.4. The van der Waals surface area contributed by atoms with Gasteiger partial charge in [-0.15, -0.1) is 0 Å². The van der Waals surface area contributed by atoms with Crippen LogP contribution >= 0.6 is 0 Å². The summed E-state index contributed by atoms with van der Waals surface area (Å²) in [4.78, 5) is 3.59. The van der Waals surface area contributed by atoms with E-state index in [-0.39, 0.29) is 16.8 Å². The highest BCUT2D eigenvalue weighted by Gasteiger charge is 2.34. The molecule has 0 radical (unpaired) electrons. The molecule has 1 aromatic carbocycles. The lowest BCUT2D eigenvalue weighted by Gasteiger charge is -2.19. The molecule has 2 rings (SSSR count). The Hall–Kier alpha value is -2.13. The van der Waals surface area contributed by atoms with Crippen LogP contribution in [0.25, 0.3) is 11.3 Å². The Morgan fingerprint density at radius 1 is 0.933 bits per heavy atom. The molecule has 9 heteroatoms. The number of alkyl halides is 6. The van der Waals surface area contributed by atoms with Gasteiger partial charge in [-0.1, -0.05) is 38.3 Å². The van der Waals surface area contributed by atoms with Gasteiger partial charge in [-0.25, -0.2) is 4.98 Å². The summed E-state index contributed by atoms with van der Waals surface area (Å²) in [5.41, 5.74) is -1.89. The molecule has 0 amide bonds. The van der Waals surface area contributed by atoms with Gasteiger partial charge >= 0.3 is 12.4 Å². The van der Waals surface area contributed by atoms with Crippen LogP contribution < -0.4 is 5.32 Å². The fourth-order valence-corrected chi connectivity index (χ4v) is 2.99. The predicted octanol–water partition coefficient (Wildman–Crippen LogP) is 5.99. The molecular formula is C21H24F6N2O. The van der Waals surface area contributed by atoms with Gasteiger partial charge in [0, 0.05) is 5.56 Å². The minimum atomic E-state index is -4.74. The van der Waals surface area contributed by atoms with Crippen molar-refractivity contribution in [2.24, 2.45) is 0 Å². The molecule has 166 valence electrons. The number of nitrogens with zero attached hydrogens (tertiary/aromatic N) is 1. The Morgan fingerprint density at radius 2 is 1.60 bits per heavy atom. The third-order valence-electron chi connectivity index (χ3n) is 4.65. The number of aliphatic hydroxyl groups is 1. The summed E-state index contributed by atoms with van der Waals surface area (Å²) in [5.74, 6) is 0. The molecule has 1 aromatic heterocycles. The Bertz CT molecular complexity index is 803. The van der Waals surface area contributed by atoms with Crippen molar-refractivity contribution in [2.75, 3.05) is 13.2 Å². The van der Waals surface area contributed by atoms with Crippen molar-refractivity contribution >= 4 is 0 Å². The molecule has 0 aliphatic carbocycles. The summed E-state index contributed by atoms with van der Waals surface area (Å²) in [6, 6.07) is 5.23. The average Bonchev–Trinajstić information content (AvgIpc) is 2.69. The number of nitrogens with one attached hydrogen (secondary N) is 1. The average molecular weight is 434 g/mol. The van der Waals surface area contributed by atoms with Gasteiger partial charge < -0.3 is 10.4 Å². The van der Waals surface area contributed by atoms with Gasteiger partial charge in [0.05, 0.1) is 23.9 Å². The standard InChI is InChI=1S/C21H24F6N2O/c1-2-3-4-5-10-28-18(13-30)15-11-17(29-19(12-15)21(25,26)27)14-6-8-16(9-7-14)20(22,23)24/h6-9,11-12,18,28,30H,2-5,10,13H2,1H3/t18-/m0/s1. The van der Waals surface area contributed by atoms with Crippen LogP contribution in [0.1, 0.15) is 55.5 Å². The van der Waals surface area contributed by atoms with Crippen molar-refractivity contribution < 1.29 is 31.4 Å². The summed E-state index contributed by atoms with van der Waals surface area (Å²) in [6.07, 6.45) is -5.43. The first-order chi connectivity index (χ1) is 14.1. The largest absolute Gasteiger partial charge is 0.433 e. The van der Waals surface area contributed by atoms with Gasteiger partial charge in [0.1, 0.15) is 5.69 Å². The van der Waals surface area contributed by atoms with Crippen molar-refractivity contribution in [3.8, 4) is 11.3 Å². The zero-order valence-electron chi connectivity index (χ0n) is 16.4. The lowest BCUT2D eigenvalue weighted by atomic mass is 10.0. The highest BCUT2D eigenvalue weighted by Crippen LogP contribution is 2.34. The van der Waals surface area contributed by atoms with Crippen molar-refractivity contribution in [3.63, 3.8) is 0 Å². The van der Waals surface area contributed by atoms with Crippen molar-refractivity contribution in [3.05, 3.63) is 53.2 Å². The molecule has 0 bridgehead atoms. The number of aliphatic hydroxyl groups excluding tert-OH is 1. The molecule has 0 fully saturated rings. The SMILES string of the molecule is CCCCCCN[C@@H](CO)c1cc(-c2ccc(C(F)(F)F)cc2)nc(C(F)(F)F)c1. The fourth-order valence-electron chi connectivity index (χ4n) is 2.99. The fraction of sp³-hybridized carbons (Fsp3) is 0.476. The topological polar surface area (TPSA) is 45.1 Å². The van der Waals surface area contributed by atoms with E-state index >= 15 is 0 Å². The molecule has 0 saturated heterocycles.